The highest BCUT2D eigenvalue weighted by atomic mass is 79.9. The molecule has 2 N–H and O–H groups in total. The molecular weight excluding hydrogens is 516 g/mol. The van der Waals surface area contributed by atoms with Gasteiger partial charge in [0.05, 0.1) is 29.4 Å². The van der Waals surface area contributed by atoms with Crippen LogP contribution in [0.1, 0.15) is 49.8 Å². The minimum Gasteiger partial charge on any atom is -0.462 e. The molecule has 11 heteroatoms. The normalized spacial score (nSPS) is 10.3. The van der Waals surface area contributed by atoms with Gasteiger partial charge >= 0.3 is 11.9 Å². The van der Waals surface area contributed by atoms with Crippen molar-refractivity contribution in [1.82, 2.24) is 5.32 Å². The summed E-state index contributed by atoms with van der Waals surface area (Å²) in [6, 6.07) is 4.83. The number of anilines is 1. The van der Waals surface area contributed by atoms with Crippen LogP contribution in [-0.4, -0.2) is 36.2 Å². The molecule has 2 aromatic rings. The number of carbonyl (C=O) groups excluding carboxylic acids is 3. The fraction of sp³-hybridized carbons (Fsp3) is 0.263. The third-order valence-corrected chi connectivity index (χ3v) is 5.93. The van der Waals surface area contributed by atoms with Crippen LogP contribution in [-0.2, 0) is 9.47 Å². The lowest BCUT2D eigenvalue weighted by Gasteiger charge is -2.11. The van der Waals surface area contributed by atoms with Gasteiger partial charge in [-0.1, -0.05) is 27.5 Å². The third-order valence-electron chi connectivity index (χ3n) is 3.71. The summed E-state index contributed by atoms with van der Waals surface area (Å²) < 4.78 is 10.8. The molecular formula is C19H18BrClN2O5S2. The van der Waals surface area contributed by atoms with E-state index in [1.807, 2.05) is 0 Å². The molecule has 0 unspecified atom stereocenters. The first-order valence-electron chi connectivity index (χ1n) is 8.74. The van der Waals surface area contributed by atoms with Crippen LogP contribution in [0.15, 0.2) is 22.7 Å². The van der Waals surface area contributed by atoms with E-state index in [2.05, 4.69) is 26.6 Å². The zero-order valence-electron chi connectivity index (χ0n) is 16.3. The highest BCUT2D eigenvalue weighted by molar-refractivity contribution is 9.10. The molecule has 0 fully saturated rings. The van der Waals surface area contributed by atoms with Crippen LogP contribution in [0.5, 0.6) is 0 Å². The van der Waals surface area contributed by atoms with Crippen LogP contribution in [0.3, 0.4) is 0 Å². The van der Waals surface area contributed by atoms with E-state index in [-0.39, 0.29) is 44.4 Å². The molecule has 30 heavy (non-hydrogen) atoms. The molecule has 7 nitrogen and oxygen atoms in total. The largest absolute Gasteiger partial charge is 0.462 e. The Morgan fingerprint density at radius 2 is 1.80 bits per heavy atom. The number of rotatable bonds is 6. The van der Waals surface area contributed by atoms with Gasteiger partial charge in [-0.2, -0.15) is 0 Å². The Balaban J connectivity index is 2.29. The Hall–Kier alpha value is -2.01. The fourth-order valence-electron chi connectivity index (χ4n) is 2.42. The minimum absolute atomic E-state index is 0.0711. The summed E-state index contributed by atoms with van der Waals surface area (Å²) >= 11 is 15.5. The van der Waals surface area contributed by atoms with Crippen LogP contribution >= 0.6 is 51.1 Å². The van der Waals surface area contributed by atoms with Gasteiger partial charge in [0.25, 0.3) is 5.91 Å². The van der Waals surface area contributed by atoms with Crippen molar-refractivity contribution in [2.45, 2.75) is 20.8 Å². The van der Waals surface area contributed by atoms with Crippen LogP contribution in [0.25, 0.3) is 0 Å². The first-order valence-corrected chi connectivity index (χ1v) is 11.1. The Morgan fingerprint density at radius 3 is 2.43 bits per heavy atom. The fourth-order valence-corrected chi connectivity index (χ4v) is 4.34. The van der Waals surface area contributed by atoms with Gasteiger partial charge in [0.1, 0.15) is 9.88 Å². The number of hydrogen-bond donors (Lipinski definition) is 2. The molecule has 0 bridgehead atoms. The number of carbonyl (C=O) groups is 3. The van der Waals surface area contributed by atoms with Crippen molar-refractivity contribution in [3.8, 4) is 0 Å². The van der Waals surface area contributed by atoms with E-state index in [1.54, 1.807) is 39.0 Å². The maximum atomic E-state index is 12.5. The Morgan fingerprint density at radius 1 is 1.17 bits per heavy atom. The molecule has 0 saturated carbocycles. The van der Waals surface area contributed by atoms with Crippen LogP contribution in [0, 0.1) is 6.92 Å². The van der Waals surface area contributed by atoms with E-state index >= 15 is 0 Å². The van der Waals surface area contributed by atoms with Crippen molar-refractivity contribution >= 4 is 79.0 Å². The lowest BCUT2D eigenvalue weighted by atomic mass is 10.1. The van der Waals surface area contributed by atoms with Gasteiger partial charge in [-0.25, -0.2) is 9.59 Å². The van der Waals surface area contributed by atoms with Crippen molar-refractivity contribution in [2.24, 2.45) is 0 Å². The van der Waals surface area contributed by atoms with Crippen molar-refractivity contribution in [2.75, 3.05) is 18.5 Å². The highest BCUT2D eigenvalue weighted by Gasteiger charge is 2.27. The quantitative estimate of drug-likeness (QED) is 0.401. The molecule has 1 aromatic carbocycles. The van der Waals surface area contributed by atoms with Gasteiger partial charge in [0, 0.05) is 4.47 Å². The topological polar surface area (TPSA) is 93.7 Å². The lowest BCUT2D eigenvalue weighted by Crippen LogP contribution is -2.34. The number of amides is 1. The third kappa shape index (κ3) is 5.78. The first kappa shape index (κ1) is 24.3. The van der Waals surface area contributed by atoms with E-state index in [0.29, 0.717) is 10.0 Å². The van der Waals surface area contributed by atoms with Gasteiger partial charge in [-0.3, -0.25) is 10.1 Å². The van der Waals surface area contributed by atoms with E-state index in [9.17, 15) is 14.4 Å². The lowest BCUT2D eigenvalue weighted by molar-refractivity contribution is 0.0527. The summed E-state index contributed by atoms with van der Waals surface area (Å²) in [6.07, 6.45) is 0. The Labute approximate surface area is 196 Å². The molecule has 0 aliphatic carbocycles. The molecule has 0 aliphatic rings. The van der Waals surface area contributed by atoms with Crippen molar-refractivity contribution in [3.05, 3.63) is 49.3 Å². The summed E-state index contributed by atoms with van der Waals surface area (Å²) in [6.45, 7) is 5.32. The second kappa shape index (κ2) is 10.9. The summed E-state index contributed by atoms with van der Waals surface area (Å²) in [5, 5.41) is 5.75. The predicted octanol–water partition coefficient (Wildman–Crippen LogP) is 4.95. The van der Waals surface area contributed by atoms with Crippen LogP contribution < -0.4 is 10.6 Å². The van der Waals surface area contributed by atoms with Crippen molar-refractivity contribution in [1.29, 1.82) is 0 Å². The average molecular weight is 534 g/mol. The van der Waals surface area contributed by atoms with Crippen molar-refractivity contribution in [3.63, 3.8) is 0 Å². The summed E-state index contributed by atoms with van der Waals surface area (Å²) in [7, 11) is 0. The first-order chi connectivity index (χ1) is 14.2. The molecule has 1 heterocycles. The summed E-state index contributed by atoms with van der Waals surface area (Å²) in [4.78, 5) is 37.4. The number of halogens is 2. The second-order valence-electron chi connectivity index (χ2n) is 5.73. The second-order valence-corrected chi connectivity index (χ2v) is 8.49. The molecule has 160 valence electrons. The number of thiocarbonyl (C=S) groups is 1. The van der Waals surface area contributed by atoms with Gasteiger partial charge in [-0.15, -0.1) is 11.3 Å². The molecule has 0 saturated heterocycles. The maximum absolute atomic E-state index is 12.5. The number of benzene rings is 1. The van der Waals surface area contributed by atoms with Gasteiger partial charge in [0.2, 0.25) is 0 Å². The number of thiophene rings is 1. The number of ether oxygens (including phenoxy) is 2. The number of nitrogens with one attached hydrogen (secondary N) is 2. The molecule has 2 rings (SSSR count). The standard InChI is InChI=1S/C19H18BrClN2O5S2/c1-4-27-17(25)13-9(3)14(18(26)28-5-2)30-16(13)23-19(29)22-15(24)11-8-10(20)6-7-12(11)21/h6-8H,4-5H2,1-3H3,(H2,22,23,24,29). The van der Waals surface area contributed by atoms with Crippen molar-refractivity contribution < 1.29 is 23.9 Å². The molecule has 0 aliphatic heterocycles. The van der Waals surface area contributed by atoms with Crippen LogP contribution in [0.4, 0.5) is 5.00 Å². The summed E-state index contributed by atoms with van der Waals surface area (Å²) in [5.74, 6) is -1.71. The Kier molecular flexibility index (Phi) is 8.78. The number of hydrogen-bond acceptors (Lipinski definition) is 7. The van der Waals surface area contributed by atoms with Gasteiger partial charge in [-0.05, 0) is 56.8 Å². The minimum atomic E-state index is -0.617. The Bertz CT molecular complexity index is 1010. The van der Waals surface area contributed by atoms with E-state index in [4.69, 9.17) is 33.3 Å². The molecule has 0 spiro atoms. The SMILES string of the molecule is CCOC(=O)c1sc(NC(=S)NC(=O)c2cc(Br)ccc2Cl)c(C(=O)OCC)c1C. The monoisotopic (exact) mass is 532 g/mol. The molecule has 1 aromatic heterocycles. The molecule has 0 atom stereocenters. The maximum Gasteiger partial charge on any atom is 0.348 e. The van der Waals surface area contributed by atoms with Gasteiger partial charge in [0.15, 0.2) is 5.11 Å². The van der Waals surface area contributed by atoms with Crippen LogP contribution in [0.2, 0.25) is 5.02 Å². The smallest absolute Gasteiger partial charge is 0.348 e. The van der Waals surface area contributed by atoms with E-state index < -0.39 is 17.8 Å². The zero-order valence-corrected chi connectivity index (χ0v) is 20.2. The van der Waals surface area contributed by atoms with Gasteiger partial charge < -0.3 is 14.8 Å². The predicted molar refractivity (Wildman–Crippen MR) is 124 cm³/mol. The summed E-state index contributed by atoms with van der Waals surface area (Å²) in [5.41, 5.74) is 0.779. The van der Waals surface area contributed by atoms with E-state index in [1.165, 1.54) is 0 Å². The van der Waals surface area contributed by atoms with E-state index in [0.717, 1.165) is 11.3 Å². The molecule has 1 amide bonds. The highest BCUT2D eigenvalue weighted by Crippen LogP contribution is 2.34. The average Bonchev–Trinajstić information content (AvgIpc) is 2.99. The molecule has 0 radical (unpaired) electrons. The zero-order chi connectivity index (χ0) is 22.4. The number of esters is 2.